The molecule has 0 saturated carbocycles. The zero-order valence-corrected chi connectivity index (χ0v) is 23.3. The molecule has 0 radical (unpaired) electrons. The van der Waals surface area contributed by atoms with Gasteiger partial charge in [-0.3, -0.25) is 9.79 Å². The lowest BCUT2D eigenvalue weighted by Crippen LogP contribution is -2.46. The van der Waals surface area contributed by atoms with Crippen molar-refractivity contribution in [1.82, 2.24) is 10.2 Å². The minimum absolute atomic E-state index is 0.0608. The van der Waals surface area contributed by atoms with Crippen LogP contribution in [0.2, 0.25) is 0 Å². The third kappa shape index (κ3) is 7.84. The average Bonchev–Trinajstić information content (AvgIpc) is 3.25. The third-order valence-electron chi connectivity index (χ3n) is 6.25. The molecular formula is C30H36N6O2S. The van der Waals surface area contributed by atoms with Crippen LogP contribution in [0.3, 0.4) is 0 Å². The molecule has 5 rings (SSSR count). The molecule has 9 heteroatoms. The highest BCUT2D eigenvalue weighted by molar-refractivity contribution is 7.86. The third-order valence-corrected chi connectivity index (χ3v) is 7.37. The van der Waals surface area contributed by atoms with Gasteiger partial charge in [0, 0.05) is 49.7 Å². The molecule has 1 fully saturated rings. The number of amides is 1. The van der Waals surface area contributed by atoms with Gasteiger partial charge >= 0.3 is 0 Å². The number of hydrogen-bond acceptors (Lipinski definition) is 6. The van der Waals surface area contributed by atoms with Crippen LogP contribution in [-0.2, 0) is 11.0 Å². The Morgan fingerprint density at radius 1 is 0.897 bits per heavy atom. The highest BCUT2D eigenvalue weighted by atomic mass is 32.2. The van der Waals surface area contributed by atoms with Crippen LogP contribution in [0.4, 0.5) is 11.4 Å². The van der Waals surface area contributed by atoms with E-state index in [0.717, 1.165) is 66.6 Å². The maximum atomic E-state index is 12.7. The Balaban J connectivity index is 0.00000172. The minimum atomic E-state index is -1.32. The van der Waals surface area contributed by atoms with Crippen molar-refractivity contribution in [2.24, 2.45) is 9.98 Å². The number of anilines is 2. The zero-order valence-electron chi connectivity index (χ0n) is 22.5. The van der Waals surface area contributed by atoms with Gasteiger partial charge in [-0.15, -0.1) is 0 Å². The SMILES string of the molecule is CC.O=C(c1ccc(NC2=NCCCC(c3ccc(NS(=O)c4ccccc4)cc3)=N2)cc1)N1CCNCC1. The number of guanidine groups is 1. The second-order valence-corrected chi connectivity index (χ2v) is 10.1. The van der Waals surface area contributed by atoms with Gasteiger partial charge in [0.2, 0.25) is 5.96 Å². The Hall–Kier alpha value is -3.82. The first kappa shape index (κ1) is 28.2. The summed E-state index contributed by atoms with van der Waals surface area (Å²) >= 11 is 0. The van der Waals surface area contributed by atoms with E-state index in [4.69, 9.17) is 4.99 Å². The van der Waals surface area contributed by atoms with Crippen LogP contribution in [0.1, 0.15) is 42.6 Å². The number of piperazine rings is 1. The number of nitrogens with one attached hydrogen (secondary N) is 3. The summed E-state index contributed by atoms with van der Waals surface area (Å²) in [4.78, 5) is 24.7. The van der Waals surface area contributed by atoms with E-state index >= 15 is 0 Å². The van der Waals surface area contributed by atoms with Crippen molar-refractivity contribution in [3.63, 3.8) is 0 Å². The number of rotatable bonds is 6. The first-order chi connectivity index (χ1) is 19.2. The van der Waals surface area contributed by atoms with Crippen LogP contribution in [0.25, 0.3) is 0 Å². The molecule has 0 aliphatic carbocycles. The van der Waals surface area contributed by atoms with Gasteiger partial charge in [-0.25, -0.2) is 9.20 Å². The Kier molecular flexibility index (Phi) is 10.4. The predicted octanol–water partition coefficient (Wildman–Crippen LogP) is 4.94. The lowest BCUT2D eigenvalue weighted by Gasteiger charge is -2.27. The molecule has 1 amide bonds. The topological polar surface area (TPSA) is 98.2 Å². The van der Waals surface area contributed by atoms with Crippen LogP contribution >= 0.6 is 0 Å². The number of nitrogens with zero attached hydrogens (tertiary/aromatic N) is 3. The number of benzene rings is 3. The Labute approximate surface area is 233 Å². The summed E-state index contributed by atoms with van der Waals surface area (Å²) in [6.45, 7) is 7.81. The van der Waals surface area contributed by atoms with Gasteiger partial charge in [0.15, 0.2) is 0 Å². The summed E-state index contributed by atoms with van der Waals surface area (Å²) in [5.41, 5.74) is 4.25. The second kappa shape index (κ2) is 14.4. The Morgan fingerprint density at radius 3 is 2.26 bits per heavy atom. The molecule has 0 bridgehead atoms. The highest BCUT2D eigenvalue weighted by Gasteiger charge is 2.18. The molecule has 8 nitrogen and oxygen atoms in total. The monoisotopic (exact) mass is 544 g/mol. The number of aliphatic imine (C=N–C) groups is 2. The maximum absolute atomic E-state index is 12.7. The van der Waals surface area contributed by atoms with Gasteiger partial charge < -0.3 is 20.3 Å². The van der Waals surface area contributed by atoms with Crippen molar-refractivity contribution in [2.75, 3.05) is 42.8 Å². The summed E-state index contributed by atoms with van der Waals surface area (Å²) in [5.74, 6) is 0.617. The smallest absolute Gasteiger partial charge is 0.253 e. The van der Waals surface area contributed by atoms with Gasteiger partial charge in [-0.05, 0) is 66.9 Å². The summed E-state index contributed by atoms with van der Waals surface area (Å²) in [6, 6.07) is 24.6. The second-order valence-electron chi connectivity index (χ2n) is 8.87. The van der Waals surface area contributed by atoms with E-state index in [1.165, 1.54) is 0 Å². The van der Waals surface area contributed by atoms with Crippen molar-refractivity contribution >= 4 is 39.9 Å². The fraction of sp³-hybridized carbons (Fsp3) is 0.300. The Bertz CT molecular complexity index is 1300. The molecule has 2 aliphatic rings. The lowest BCUT2D eigenvalue weighted by molar-refractivity contribution is 0.0736. The number of carbonyl (C=O) groups excluding carboxylic acids is 1. The van der Waals surface area contributed by atoms with Gasteiger partial charge in [0.25, 0.3) is 5.91 Å². The van der Waals surface area contributed by atoms with Crippen molar-refractivity contribution in [1.29, 1.82) is 0 Å². The molecular weight excluding hydrogens is 508 g/mol. The fourth-order valence-corrected chi connectivity index (χ4v) is 5.12. The summed E-state index contributed by atoms with van der Waals surface area (Å²) in [5, 5.41) is 6.56. The number of carbonyl (C=O) groups is 1. The van der Waals surface area contributed by atoms with Gasteiger partial charge in [-0.2, -0.15) is 0 Å². The number of hydrogen-bond donors (Lipinski definition) is 3. The van der Waals surface area contributed by atoms with Crippen LogP contribution in [0.15, 0.2) is 93.7 Å². The molecule has 3 aromatic carbocycles. The van der Waals surface area contributed by atoms with Gasteiger partial charge in [-0.1, -0.05) is 44.2 Å². The molecule has 204 valence electrons. The van der Waals surface area contributed by atoms with Gasteiger partial charge in [0.05, 0.1) is 10.6 Å². The van der Waals surface area contributed by atoms with Crippen molar-refractivity contribution in [3.05, 3.63) is 90.0 Å². The van der Waals surface area contributed by atoms with E-state index in [1.54, 1.807) is 0 Å². The molecule has 0 aromatic heterocycles. The molecule has 1 saturated heterocycles. The van der Waals surface area contributed by atoms with Crippen LogP contribution < -0.4 is 15.4 Å². The molecule has 1 unspecified atom stereocenters. The molecule has 3 aromatic rings. The van der Waals surface area contributed by atoms with Crippen LogP contribution in [0, 0.1) is 0 Å². The quantitative estimate of drug-likeness (QED) is 0.409. The van der Waals surface area contributed by atoms with E-state index in [2.05, 4.69) is 20.3 Å². The standard InChI is InChI=1S/C28H30N6O2S.C2H6/c35-27(34-19-17-29-18-20-34)22-10-12-23(13-11-22)31-28-30-16-4-7-26(32-28)21-8-14-24(15-9-21)33-37(36)25-5-2-1-3-6-25;1-2/h1-3,5-6,8-15,29,33H,4,7,16-20H2,(H,30,31);1-2H3. The summed E-state index contributed by atoms with van der Waals surface area (Å²) in [7, 11) is -1.32. The Morgan fingerprint density at radius 2 is 1.56 bits per heavy atom. The van der Waals surface area contributed by atoms with E-state index < -0.39 is 11.0 Å². The lowest BCUT2D eigenvalue weighted by atomic mass is 10.1. The predicted molar refractivity (Wildman–Crippen MR) is 161 cm³/mol. The van der Waals surface area contributed by atoms with E-state index in [0.29, 0.717) is 18.1 Å². The zero-order chi connectivity index (χ0) is 27.5. The largest absolute Gasteiger partial charge is 0.336 e. The summed E-state index contributed by atoms with van der Waals surface area (Å²) < 4.78 is 15.6. The van der Waals surface area contributed by atoms with Gasteiger partial charge in [0.1, 0.15) is 11.0 Å². The van der Waals surface area contributed by atoms with Crippen LogP contribution in [-0.4, -0.2) is 59.4 Å². The summed E-state index contributed by atoms with van der Waals surface area (Å²) in [6.07, 6.45) is 1.72. The average molecular weight is 545 g/mol. The van der Waals surface area contributed by atoms with Crippen LogP contribution in [0.5, 0.6) is 0 Å². The normalized spacial score (nSPS) is 16.0. The fourth-order valence-electron chi connectivity index (χ4n) is 4.24. The van der Waals surface area contributed by atoms with E-state index in [1.807, 2.05) is 97.6 Å². The molecule has 39 heavy (non-hydrogen) atoms. The van der Waals surface area contributed by atoms with E-state index in [9.17, 15) is 9.00 Å². The van der Waals surface area contributed by atoms with Crippen molar-refractivity contribution < 1.29 is 9.00 Å². The molecule has 2 heterocycles. The molecule has 2 aliphatic heterocycles. The highest BCUT2D eigenvalue weighted by Crippen LogP contribution is 2.18. The minimum Gasteiger partial charge on any atom is -0.336 e. The molecule has 1 atom stereocenters. The molecule has 3 N–H and O–H groups in total. The first-order valence-electron chi connectivity index (χ1n) is 13.5. The van der Waals surface area contributed by atoms with E-state index in [-0.39, 0.29) is 5.91 Å². The van der Waals surface area contributed by atoms with Crippen molar-refractivity contribution in [2.45, 2.75) is 31.6 Å². The first-order valence-corrected chi connectivity index (χ1v) is 14.6. The molecule has 0 spiro atoms. The maximum Gasteiger partial charge on any atom is 0.253 e. The van der Waals surface area contributed by atoms with Crippen molar-refractivity contribution in [3.8, 4) is 0 Å².